The normalized spacial score (nSPS) is 15.2. The molecule has 2 atom stereocenters. The van der Waals surface area contributed by atoms with Gasteiger partial charge in [0.1, 0.15) is 0 Å². The molecular formula is C17H26F3N. The van der Waals surface area contributed by atoms with E-state index in [0.29, 0.717) is 17.9 Å². The van der Waals surface area contributed by atoms with Crippen molar-refractivity contribution in [3.05, 3.63) is 35.4 Å². The van der Waals surface area contributed by atoms with E-state index in [1.807, 2.05) is 0 Å². The highest BCUT2D eigenvalue weighted by molar-refractivity contribution is 5.25. The third kappa shape index (κ3) is 5.70. The zero-order valence-electron chi connectivity index (χ0n) is 13.3. The number of alkyl halides is 3. The van der Waals surface area contributed by atoms with Crippen LogP contribution in [0.1, 0.15) is 45.2 Å². The van der Waals surface area contributed by atoms with Crippen LogP contribution in [-0.2, 0) is 12.6 Å². The lowest BCUT2D eigenvalue weighted by atomic mass is 9.86. The van der Waals surface area contributed by atoms with Crippen LogP contribution in [0.2, 0.25) is 0 Å². The van der Waals surface area contributed by atoms with Crippen molar-refractivity contribution < 1.29 is 13.2 Å². The maximum Gasteiger partial charge on any atom is 0.416 e. The molecule has 21 heavy (non-hydrogen) atoms. The fourth-order valence-electron chi connectivity index (χ4n) is 2.32. The smallest absolute Gasteiger partial charge is 0.313 e. The van der Waals surface area contributed by atoms with Crippen LogP contribution >= 0.6 is 0 Å². The molecule has 1 rings (SSSR count). The standard InChI is InChI=1S/C17H26F3N/c1-5-10-21-16(13(4)12(2)3)11-14-6-8-15(9-7-14)17(18,19)20/h6-9,12-13,16,21H,5,10-11H2,1-4H3. The first-order chi connectivity index (χ1) is 9.75. The van der Waals surface area contributed by atoms with Crippen LogP contribution in [0.5, 0.6) is 0 Å². The maximum atomic E-state index is 12.6. The number of halogens is 3. The van der Waals surface area contributed by atoms with Gasteiger partial charge in [-0.1, -0.05) is 39.8 Å². The van der Waals surface area contributed by atoms with Gasteiger partial charge in [-0.25, -0.2) is 0 Å². The Labute approximate surface area is 125 Å². The minimum absolute atomic E-state index is 0.293. The van der Waals surface area contributed by atoms with E-state index in [0.717, 1.165) is 24.9 Å². The molecule has 0 radical (unpaired) electrons. The lowest BCUT2D eigenvalue weighted by Crippen LogP contribution is -2.39. The Morgan fingerprint density at radius 1 is 1.05 bits per heavy atom. The summed E-state index contributed by atoms with van der Waals surface area (Å²) in [6.45, 7) is 9.60. The lowest BCUT2D eigenvalue weighted by Gasteiger charge is -2.28. The first-order valence-corrected chi connectivity index (χ1v) is 7.65. The minimum atomic E-state index is -4.26. The van der Waals surface area contributed by atoms with E-state index in [1.54, 1.807) is 12.1 Å². The van der Waals surface area contributed by atoms with Crippen LogP contribution in [0.3, 0.4) is 0 Å². The molecule has 0 spiro atoms. The number of nitrogens with one attached hydrogen (secondary N) is 1. The molecular weight excluding hydrogens is 275 g/mol. The predicted molar refractivity (Wildman–Crippen MR) is 81.2 cm³/mol. The Kier molecular flexibility index (Phi) is 6.72. The summed E-state index contributed by atoms with van der Waals surface area (Å²) in [5.74, 6) is 1.01. The molecule has 0 amide bonds. The van der Waals surface area contributed by atoms with Crippen molar-refractivity contribution in [1.82, 2.24) is 5.32 Å². The Hall–Kier alpha value is -1.03. The molecule has 0 bridgehead atoms. The van der Waals surface area contributed by atoms with Gasteiger partial charge in [0.25, 0.3) is 0 Å². The van der Waals surface area contributed by atoms with Gasteiger partial charge in [-0.2, -0.15) is 13.2 Å². The average Bonchev–Trinajstić information content (AvgIpc) is 2.42. The summed E-state index contributed by atoms with van der Waals surface area (Å²) in [5, 5.41) is 3.52. The van der Waals surface area contributed by atoms with Crippen LogP contribution in [0.15, 0.2) is 24.3 Å². The van der Waals surface area contributed by atoms with Gasteiger partial charge in [0.05, 0.1) is 5.56 Å². The molecule has 120 valence electrons. The first-order valence-electron chi connectivity index (χ1n) is 7.65. The molecule has 0 saturated carbocycles. The monoisotopic (exact) mass is 301 g/mol. The van der Waals surface area contributed by atoms with E-state index in [2.05, 4.69) is 33.0 Å². The molecule has 1 aromatic rings. The molecule has 0 aliphatic carbocycles. The summed E-state index contributed by atoms with van der Waals surface area (Å²) in [7, 11) is 0. The van der Waals surface area contributed by atoms with Crippen LogP contribution in [0.25, 0.3) is 0 Å². The van der Waals surface area contributed by atoms with Crippen LogP contribution in [0.4, 0.5) is 13.2 Å². The lowest BCUT2D eigenvalue weighted by molar-refractivity contribution is -0.137. The van der Waals surface area contributed by atoms with Gasteiger partial charge in [0.2, 0.25) is 0 Å². The van der Waals surface area contributed by atoms with Crippen molar-refractivity contribution in [3.8, 4) is 0 Å². The maximum absolute atomic E-state index is 12.6. The molecule has 0 aromatic heterocycles. The predicted octanol–water partition coefficient (Wildman–Crippen LogP) is 4.91. The van der Waals surface area contributed by atoms with Crippen LogP contribution in [-0.4, -0.2) is 12.6 Å². The van der Waals surface area contributed by atoms with E-state index in [1.165, 1.54) is 12.1 Å². The number of hydrogen-bond donors (Lipinski definition) is 1. The van der Waals surface area contributed by atoms with E-state index in [9.17, 15) is 13.2 Å². The van der Waals surface area contributed by atoms with E-state index in [-0.39, 0.29) is 0 Å². The SMILES string of the molecule is CCCNC(Cc1ccc(C(F)(F)F)cc1)C(C)C(C)C. The summed E-state index contributed by atoms with van der Waals surface area (Å²) in [6, 6.07) is 5.83. The van der Waals surface area contributed by atoms with Crippen molar-refractivity contribution >= 4 is 0 Å². The second kappa shape index (κ2) is 7.83. The van der Waals surface area contributed by atoms with Crippen molar-refractivity contribution in [2.24, 2.45) is 11.8 Å². The zero-order chi connectivity index (χ0) is 16.0. The van der Waals surface area contributed by atoms with E-state index in [4.69, 9.17) is 0 Å². The van der Waals surface area contributed by atoms with Gasteiger partial charge < -0.3 is 5.32 Å². The molecule has 1 nitrogen and oxygen atoms in total. The van der Waals surface area contributed by atoms with Crippen molar-refractivity contribution in [1.29, 1.82) is 0 Å². The molecule has 2 unspecified atom stereocenters. The van der Waals surface area contributed by atoms with Crippen molar-refractivity contribution in [3.63, 3.8) is 0 Å². The number of rotatable bonds is 7. The highest BCUT2D eigenvalue weighted by Crippen LogP contribution is 2.29. The summed E-state index contributed by atoms with van der Waals surface area (Å²) < 4.78 is 37.7. The Morgan fingerprint density at radius 2 is 1.62 bits per heavy atom. The molecule has 0 heterocycles. The third-order valence-electron chi connectivity index (χ3n) is 4.08. The molecule has 1 N–H and O–H groups in total. The van der Waals surface area contributed by atoms with Gasteiger partial charge in [0.15, 0.2) is 0 Å². The third-order valence-corrected chi connectivity index (χ3v) is 4.08. The summed E-state index contributed by atoms with van der Waals surface area (Å²) in [4.78, 5) is 0. The zero-order valence-corrected chi connectivity index (χ0v) is 13.3. The average molecular weight is 301 g/mol. The molecule has 0 saturated heterocycles. The van der Waals surface area contributed by atoms with E-state index < -0.39 is 11.7 Å². The van der Waals surface area contributed by atoms with Crippen LogP contribution < -0.4 is 5.32 Å². The first kappa shape index (κ1) is 18.0. The molecule has 0 aliphatic rings. The second-order valence-electron chi connectivity index (χ2n) is 6.06. The molecule has 0 fully saturated rings. The van der Waals surface area contributed by atoms with Gasteiger partial charge in [-0.15, -0.1) is 0 Å². The quantitative estimate of drug-likeness (QED) is 0.754. The van der Waals surface area contributed by atoms with Crippen molar-refractivity contribution in [2.45, 2.75) is 52.8 Å². The number of hydrogen-bond acceptors (Lipinski definition) is 1. The Bertz CT molecular complexity index is 409. The molecule has 4 heteroatoms. The summed E-state index contributed by atoms with van der Waals surface area (Å²) in [5.41, 5.74) is 0.366. The Balaban J connectivity index is 2.78. The van der Waals surface area contributed by atoms with Crippen LogP contribution in [0, 0.1) is 11.8 Å². The largest absolute Gasteiger partial charge is 0.416 e. The highest BCUT2D eigenvalue weighted by Gasteiger charge is 2.30. The second-order valence-corrected chi connectivity index (χ2v) is 6.06. The van der Waals surface area contributed by atoms with Crippen molar-refractivity contribution in [2.75, 3.05) is 6.54 Å². The summed E-state index contributed by atoms with van der Waals surface area (Å²) in [6.07, 6.45) is -2.45. The van der Waals surface area contributed by atoms with Gasteiger partial charge in [-0.3, -0.25) is 0 Å². The summed E-state index contributed by atoms with van der Waals surface area (Å²) >= 11 is 0. The van der Waals surface area contributed by atoms with E-state index >= 15 is 0 Å². The van der Waals surface area contributed by atoms with Gasteiger partial charge in [-0.05, 0) is 48.9 Å². The Morgan fingerprint density at radius 3 is 2.05 bits per heavy atom. The fourth-order valence-corrected chi connectivity index (χ4v) is 2.32. The molecule has 1 aromatic carbocycles. The highest BCUT2D eigenvalue weighted by atomic mass is 19.4. The molecule has 0 aliphatic heterocycles. The number of benzene rings is 1. The minimum Gasteiger partial charge on any atom is -0.313 e. The van der Waals surface area contributed by atoms with Gasteiger partial charge in [0, 0.05) is 6.04 Å². The fraction of sp³-hybridized carbons (Fsp3) is 0.647. The topological polar surface area (TPSA) is 12.0 Å². The van der Waals surface area contributed by atoms with Gasteiger partial charge >= 0.3 is 6.18 Å².